The van der Waals surface area contributed by atoms with E-state index in [1.165, 1.54) is 0 Å². The molecule has 2 heterocycles. The molecule has 0 aliphatic rings. The van der Waals surface area contributed by atoms with E-state index in [0.29, 0.717) is 19.8 Å². The van der Waals surface area contributed by atoms with Gasteiger partial charge in [0.05, 0.1) is 17.6 Å². The molecule has 126 valence electrons. The van der Waals surface area contributed by atoms with E-state index in [2.05, 4.69) is 15.0 Å². The fourth-order valence-corrected chi connectivity index (χ4v) is 3.24. The third-order valence-electron chi connectivity index (χ3n) is 3.76. The molecule has 0 bridgehead atoms. The van der Waals surface area contributed by atoms with Crippen molar-refractivity contribution in [2.45, 2.75) is 13.8 Å². The Hall–Kier alpha value is -2.05. The molecule has 1 aromatic carbocycles. The zero-order valence-electron chi connectivity index (χ0n) is 14.2. The minimum Gasteiger partial charge on any atom is -0.491 e. The van der Waals surface area contributed by atoms with E-state index in [1.807, 2.05) is 44.4 Å². The molecule has 0 spiro atoms. The molecule has 0 aliphatic heterocycles. The predicted octanol–water partition coefficient (Wildman–Crippen LogP) is 3.95. The van der Waals surface area contributed by atoms with Crippen LogP contribution in [0, 0.1) is 6.92 Å². The lowest BCUT2D eigenvalue weighted by molar-refractivity contribution is 0.110. The summed E-state index contributed by atoms with van der Waals surface area (Å²) in [4.78, 5) is 9.31. The third-order valence-corrected chi connectivity index (χ3v) is 4.49. The summed E-state index contributed by atoms with van der Waals surface area (Å²) in [6.07, 6.45) is 3.80. The Kier molecular flexibility index (Phi) is 5.37. The Bertz CT molecular complexity index is 832. The summed E-state index contributed by atoms with van der Waals surface area (Å²) in [5.41, 5.74) is 3.88. The Morgan fingerprint density at radius 3 is 2.79 bits per heavy atom. The molecule has 0 atom stereocenters. The first-order valence-corrected chi connectivity index (χ1v) is 9.13. The highest BCUT2D eigenvalue weighted by Crippen LogP contribution is 2.32. The van der Waals surface area contributed by atoms with Crippen LogP contribution in [0.15, 0.2) is 36.5 Å². The molecule has 0 N–H and O–H groups in total. The molecule has 0 radical (unpaired) electrons. The summed E-state index contributed by atoms with van der Waals surface area (Å²) in [6.45, 7) is 5.79. The molecule has 0 saturated carbocycles. The molecule has 3 aromatic rings. The van der Waals surface area contributed by atoms with E-state index in [-0.39, 0.29) is 0 Å². The van der Waals surface area contributed by atoms with Gasteiger partial charge < -0.3 is 9.47 Å². The molecular weight excluding hydrogens is 322 g/mol. The normalized spacial score (nSPS) is 11.1. The topological polar surface area (TPSA) is 49.2 Å². The zero-order chi connectivity index (χ0) is 16.9. The number of imidazole rings is 1. The van der Waals surface area contributed by atoms with Crippen molar-refractivity contribution in [3.05, 3.63) is 42.1 Å². The maximum atomic E-state index is 5.84. The number of benzene rings is 1. The van der Waals surface area contributed by atoms with Crippen LogP contribution in [0.3, 0.4) is 0 Å². The summed E-state index contributed by atoms with van der Waals surface area (Å²) in [5, 5.41) is 0. The minimum absolute atomic E-state index is 0.525. The standard InChI is InChI=1S/C18H21N3O2S/c1-4-22-11-12-23-16-9-10-19-17(13(16)2)18-20-14-7-5-6-8-15(14)21(18)24-3/h5-10H,4,11-12H2,1-3H3. The Morgan fingerprint density at radius 1 is 1.17 bits per heavy atom. The Balaban J connectivity index is 1.98. The predicted molar refractivity (Wildman–Crippen MR) is 98.6 cm³/mol. The quantitative estimate of drug-likeness (QED) is 0.608. The summed E-state index contributed by atoms with van der Waals surface area (Å²) >= 11 is 1.62. The molecule has 2 aromatic heterocycles. The number of hydrogen-bond acceptors (Lipinski definition) is 5. The van der Waals surface area contributed by atoms with Gasteiger partial charge in [-0.2, -0.15) is 0 Å². The van der Waals surface area contributed by atoms with Crippen molar-refractivity contribution in [2.75, 3.05) is 26.1 Å². The van der Waals surface area contributed by atoms with Gasteiger partial charge in [0.15, 0.2) is 5.82 Å². The average Bonchev–Trinajstić information content (AvgIpc) is 2.98. The van der Waals surface area contributed by atoms with Crippen LogP contribution in [0.4, 0.5) is 0 Å². The smallest absolute Gasteiger partial charge is 0.170 e. The molecule has 0 aliphatic carbocycles. The number of ether oxygens (including phenoxy) is 2. The van der Waals surface area contributed by atoms with Gasteiger partial charge in [-0.1, -0.05) is 12.1 Å². The number of hydrogen-bond donors (Lipinski definition) is 0. The van der Waals surface area contributed by atoms with Gasteiger partial charge in [-0.25, -0.2) is 4.98 Å². The molecule has 5 nitrogen and oxygen atoms in total. The third kappa shape index (κ3) is 3.25. The second kappa shape index (κ2) is 7.68. The second-order valence-electron chi connectivity index (χ2n) is 5.23. The van der Waals surface area contributed by atoms with Crippen LogP contribution >= 0.6 is 11.9 Å². The van der Waals surface area contributed by atoms with E-state index in [4.69, 9.17) is 14.5 Å². The number of aromatic nitrogens is 3. The van der Waals surface area contributed by atoms with Crippen molar-refractivity contribution in [2.24, 2.45) is 0 Å². The number of fused-ring (bicyclic) bond motifs is 1. The Labute approximate surface area is 146 Å². The van der Waals surface area contributed by atoms with E-state index >= 15 is 0 Å². The summed E-state index contributed by atoms with van der Waals surface area (Å²) < 4.78 is 13.3. The molecule has 0 saturated heterocycles. The highest BCUT2D eigenvalue weighted by atomic mass is 32.2. The first-order valence-electron chi connectivity index (χ1n) is 7.94. The Morgan fingerprint density at radius 2 is 2.00 bits per heavy atom. The van der Waals surface area contributed by atoms with E-state index in [9.17, 15) is 0 Å². The molecular formula is C18H21N3O2S. The molecule has 0 fully saturated rings. The lowest BCUT2D eigenvalue weighted by Crippen LogP contribution is -2.08. The van der Waals surface area contributed by atoms with Gasteiger partial charge in [-0.3, -0.25) is 8.96 Å². The van der Waals surface area contributed by atoms with Crippen LogP contribution < -0.4 is 4.74 Å². The maximum Gasteiger partial charge on any atom is 0.170 e. The van der Waals surface area contributed by atoms with Crippen molar-refractivity contribution in [3.8, 4) is 17.3 Å². The average molecular weight is 343 g/mol. The van der Waals surface area contributed by atoms with Gasteiger partial charge in [-0.15, -0.1) is 0 Å². The maximum absolute atomic E-state index is 5.84. The summed E-state index contributed by atoms with van der Waals surface area (Å²) in [5.74, 6) is 1.66. The van der Waals surface area contributed by atoms with Gasteiger partial charge in [0.2, 0.25) is 0 Å². The monoisotopic (exact) mass is 343 g/mol. The molecule has 0 amide bonds. The van der Waals surface area contributed by atoms with Gasteiger partial charge in [0.25, 0.3) is 0 Å². The fourth-order valence-electron chi connectivity index (χ4n) is 2.59. The summed E-state index contributed by atoms with van der Waals surface area (Å²) in [6, 6.07) is 9.99. The van der Waals surface area contributed by atoms with Crippen LogP contribution in [0.1, 0.15) is 12.5 Å². The van der Waals surface area contributed by atoms with Gasteiger partial charge >= 0.3 is 0 Å². The van der Waals surface area contributed by atoms with Crippen LogP contribution in [-0.2, 0) is 4.74 Å². The van der Waals surface area contributed by atoms with Gasteiger partial charge in [0, 0.05) is 24.6 Å². The van der Waals surface area contributed by atoms with Crippen molar-refractivity contribution < 1.29 is 9.47 Å². The van der Waals surface area contributed by atoms with Crippen LogP contribution in [-0.4, -0.2) is 40.0 Å². The van der Waals surface area contributed by atoms with Crippen molar-refractivity contribution in [1.82, 2.24) is 13.9 Å². The van der Waals surface area contributed by atoms with E-state index in [0.717, 1.165) is 33.9 Å². The first kappa shape index (κ1) is 16.8. The minimum atomic E-state index is 0.525. The van der Waals surface area contributed by atoms with E-state index in [1.54, 1.807) is 18.1 Å². The van der Waals surface area contributed by atoms with Crippen LogP contribution in [0.25, 0.3) is 22.6 Å². The molecule has 24 heavy (non-hydrogen) atoms. The van der Waals surface area contributed by atoms with Crippen LogP contribution in [0.2, 0.25) is 0 Å². The first-order chi connectivity index (χ1) is 11.8. The molecule has 0 unspecified atom stereocenters. The number of rotatable bonds is 7. The van der Waals surface area contributed by atoms with Crippen molar-refractivity contribution in [1.29, 1.82) is 0 Å². The zero-order valence-corrected chi connectivity index (χ0v) is 15.0. The second-order valence-corrected chi connectivity index (χ2v) is 5.96. The van der Waals surface area contributed by atoms with Crippen molar-refractivity contribution >= 4 is 23.0 Å². The fraction of sp³-hybridized carbons (Fsp3) is 0.333. The lowest BCUT2D eigenvalue weighted by Gasteiger charge is -2.12. The molecule has 6 heteroatoms. The number of pyridine rings is 1. The highest BCUT2D eigenvalue weighted by molar-refractivity contribution is 7.97. The lowest BCUT2D eigenvalue weighted by atomic mass is 10.2. The molecule has 3 rings (SSSR count). The summed E-state index contributed by atoms with van der Waals surface area (Å²) in [7, 11) is 0. The largest absolute Gasteiger partial charge is 0.491 e. The number of para-hydroxylation sites is 2. The highest BCUT2D eigenvalue weighted by Gasteiger charge is 2.17. The van der Waals surface area contributed by atoms with Crippen LogP contribution in [0.5, 0.6) is 5.75 Å². The number of nitrogens with zero attached hydrogens (tertiary/aromatic N) is 3. The SMILES string of the molecule is CCOCCOc1ccnc(-c2nc3ccccc3n2SC)c1C. The van der Waals surface area contributed by atoms with Crippen molar-refractivity contribution in [3.63, 3.8) is 0 Å². The van der Waals surface area contributed by atoms with Gasteiger partial charge in [-0.05, 0) is 44.0 Å². The van der Waals surface area contributed by atoms with E-state index < -0.39 is 0 Å². The van der Waals surface area contributed by atoms with Gasteiger partial charge in [0.1, 0.15) is 18.1 Å².